The molecule has 10 bridgehead atoms. The van der Waals surface area contributed by atoms with Gasteiger partial charge in [-0.15, -0.1) is 0 Å². The van der Waals surface area contributed by atoms with Crippen molar-refractivity contribution >= 4 is 69.4 Å². The van der Waals surface area contributed by atoms with Crippen molar-refractivity contribution in [3.8, 4) is 5.75 Å². The average molecular weight is 1330 g/mol. The Bertz CT molecular complexity index is 3600. The number of phenols is 1. The van der Waals surface area contributed by atoms with Gasteiger partial charge < -0.3 is 48.1 Å². The topological polar surface area (TPSA) is 237 Å². The number of hydrogen-bond acceptors (Lipinski definition) is 17. The zero-order valence-electron chi connectivity index (χ0n) is 57.8. The predicted octanol–water partition coefficient (Wildman–Crippen LogP) is 14.5. The van der Waals surface area contributed by atoms with Gasteiger partial charge in [0.15, 0.2) is 0 Å². The van der Waals surface area contributed by atoms with Crippen molar-refractivity contribution in [3.05, 3.63) is 169 Å². The smallest absolute Gasteiger partial charge is 0.333 e. The van der Waals surface area contributed by atoms with Gasteiger partial charge in [-0.25, -0.2) is 28.8 Å². The molecule has 8 unspecified atom stereocenters. The molecule has 97 heavy (non-hydrogen) atoms. The summed E-state index contributed by atoms with van der Waals surface area (Å²) < 4.78 is 41.4. The van der Waals surface area contributed by atoms with E-state index in [1.165, 1.54) is 45.6 Å². The normalized spacial score (nSPS) is 29.6. The molecular weight excluding hydrogens is 1230 g/mol. The van der Waals surface area contributed by atoms with Crippen molar-refractivity contribution in [2.45, 2.75) is 174 Å². The van der Waals surface area contributed by atoms with Gasteiger partial charge >= 0.3 is 41.8 Å². The second-order valence-electron chi connectivity index (χ2n) is 28.8. The van der Waals surface area contributed by atoms with Crippen molar-refractivity contribution < 1.29 is 81.7 Å². The first-order valence-electron chi connectivity index (χ1n) is 33.7. The zero-order valence-corrected chi connectivity index (χ0v) is 57.8. The van der Waals surface area contributed by atoms with E-state index in [9.17, 15) is 38.7 Å². The van der Waals surface area contributed by atoms with Gasteiger partial charge in [0.1, 0.15) is 48.5 Å². The van der Waals surface area contributed by atoms with Crippen molar-refractivity contribution in [2.24, 2.45) is 53.3 Å². The molecule has 10 saturated carbocycles. The molecule has 2 N–H and O–H groups in total. The summed E-state index contributed by atoms with van der Waals surface area (Å²) in [4.78, 5) is 79.0. The van der Waals surface area contributed by atoms with E-state index < -0.39 is 11.2 Å². The second-order valence-corrected chi connectivity index (χ2v) is 28.8. The first-order chi connectivity index (χ1) is 45.8. The van der Waals surface area contributed by atoms with Gasteiger partial charge in [0.2, 0.25) is 0 Å². The second kappa shape index (κ2) is 31.9. The predicted molar refractivity (Wildman–Crippen MR) is 371 cm³/mol. The summed E-state index contributed by atoms with van der Waals surface area (Å²) in [6, 6.07) is 25.4. The third-order valence-electron chi connectivity index (χ3n) is 20.5. The lowest BCUT2D eigenvalue weighted by molar-refractivity contribution is -0.217. The number of phenolic OH excluding ortho intramolecular Hbond substituents is 1. The van der Waals surface area contributed by atoms with Crippen molar-refractivity contribution in [1.29, 1.82) is 0 Å². The Labute approximate surface area is 571 Å². The molecule has 12 fully saturated rings. The number of epoxide rings is 1. The van der Waals surface area contributed by atoms with E-state index in [-0.39, 0.29) is 84.1 Å². The van der Waals surface area contributed by atoms with Crippen LogP contribution in [-0.4, -0.2) is 107 Å². The molecule has 17 heteroatoms. The molecule has 2 saturated heterocycles. The van der Waals surface area contributed by atoms with E-state index in [2.05, 4.69) is 88.0 Å². The Morgan fingerprint density at radius 1 is 0.598 bits per heavy atom. The van der Waals surface area contributed by atoms with E-state index in [0.717, 1.165) is 83.0 Å². The van der Waals surface area contributed by atoms with Gasteiger partial charge in [-0.05, 0) is 206 Å². The van der Waals surface area contributed by atoms with Crippen LogP contribution in [0.1, 0.15) is 143 Å². The lowest BCUT2D eigenvalue weighted by Gasteiger charge is -2.59. The lowest BCUT2D eigenvalue weighted by atomic mass is 9.50. The largest absolute Gasteiger partial charge is 0.508 e. The molecule has 2 aliphatic heterocycles. The maximum absolute atomic E-state index is 11.8. The highest BCUT2D eigenvalue weighted by Crippen LogP contribution is 2.61. The van der Waals surface area contributed by atoms with Gasteiger partial charge in [0, 0.05) is 57.3 Å². The number of methoxy groups -OCH3 is 1. The Morgan fingerprint density at radius 2 is 1.08 bits per heavy atom. The molecule has 17 nitrogen and oxygen atoms in total. The SMILES string of the molecule is C=C(C)C(=O)OC.C=C(C)C(=O)OC1(C)C2CC3CC(C2)CC1C3.C=C(C)C(=O)OC12CC3CC(CC(O)(C3)C1)C2.C=C(C)C(=O)OC1C2CC3C(=O)OC1C3C2.C=C(C)C(=O)OCC1CO1.C=C(C)C(=O)OCc1c2ccccc2cc2ccccc12.C=Cc1ccc(O)cc1. The first kappa shape index (κ1) is 74.4. The summed E-state index contributed by atoms with van der Waals surface area (Å²) in [5.74, 6) is 3.03. The maximum Gasteiger partial charge on any atom is 0.333 e. The Hall–Kier alpha value is -8.41. The maximum atomic E-state index is 11.8. The number of benzene rings is 4. The molecule has 10 aliphatic carbocycles. The number of fused-ring (bicyclic) bond motifs is 3. The summed E-state index contributed by atoms with van der Waals surface area (Å²) in [6.07, 6.45) is 15.2. The zero-order chi connectivity index (χ0) is 70.8. The van der Waals surface area contributed by atoms with Crippen LogP contribution >= 0.6 is 0 Å². The molecule has 12 aliphatic rings. The number of esters is 7. The molecule has 0 aromatic heterocycles. The molecule has 0 spiro atoms. The van der Waals surface area contributed by atoms with E-state index in [1.807, 2.05) is 36.4 Å². The highest BCUT2D eigenvalue weighted by molar-refractivity contribution is 6.02. The lowest BCUT2D eigenvalue weighted by Crippen LogP contribution is -2.60. The highest BCUT2D eigenvalue weighted by atomic mass is 16.6. The monoisotopic (exact) mass is 1330 g/mol. The molecule has 2 heterocycles. The molecule has 4 aromatic rings. The molecule has 16 rings (SSSR count). The van der Waals surface area contributed by atoms with Crippen LogP contribution in [0.2, 0.25) is 0 Å². The van der Waals surface area contributed by atoms with E-state index in [0.29, 0.717) is 88.4 Å². The fourth-order valence-electron chi connectivity index (χ4n) is 16.2. The van der Waals surface area contributed by atoms with E-state index >= 15 is 0 Å². The minimum atomic E-state index is -0.570. The number of ether oxygens (including phenoxy) is 8. The Morgan fingerprint density at radius 3 is 1.55 bits per heavy atom. The van der Waals surface area contributed by atoms with Gasteiger partial charge in [-0.2, -0.15) is 0 Å². The third-order valence-corrected chi connectivity index (χ3v) is 20.5. The van der Waals surface area contributed by atoms with Crippen LogP contribution in [0.3, 0.4) is 0 Å². The summed E-state index contributed by atoms with van der Waals surface area (Å²) in [7, 11) is 1.33. The van der Waals surface area contributed by atoms with Gasteiger partial charge in [-0.1, -0.05) is 113 Å². The minimum absolute atomic E-state index is 0.0646. The van der Waals surface area contributed by atoms with Crippen LogP contribution in [0.4, 0.5) is 0 Å². The number of aromatic hydroxyl groups is 1. The highest BCUT2D eigenvalue weighted by Gasteiger charge is 2.64. The molecule has 0 radical (unpaired) electrons. The molecule has 4 aromatic carbocycles. The number of hydrogen-bond donors (Lipinski definition) is 2. The van der Waals surface area contributed by atoms with E-state index in [1.54, 1.807) is 59.8 Å². The number of carbonyl (C=O) groups is 7. The van der Waals surface area contributed by atoms with E-state index in [4.69, 9.17) is 38.3 Å². The standard InChI is InChI=1S/C19H16O2.C15H22O2.C14H20O3.C12H14O4.C8H8O.C7H10O3.C5H8O2/c1-13(2)19(20)21-12-18-16-9-5-3-7-14(16)11-15-8-4-6-10-17(15)18;1-9(2)14(16)17-15(3)12-5-10-4-11(7-12)8-13(15)6-10;1-9(2)12(15)17-14-6-10-3-11(7-14)5-13(16,4-10)8-14;1-5(2)11(13)15-9-6-3-7-8(4-6)12(14)16-10(7)9;1-2-7-3-5-8(9)6-4-7;1-5(2)7(8)10-4-6-3-9-6;1-4(2)5(6)7-3/h3-11H,1,12H2,2H3;10-13H,1,4-8H2,2-3H3;10-11,16H,1,3-8H2,2H3;6-10H,1,3-4H2,2H3;2-6,9H,1H2;6H,1,3-4H2,2H3;1H2,2-3H3. The van der Waals surface area contributed by atoms with Crippen molar-refractivity contribution in [2.75, 3.05) is 20.3 Å². The average Bonchev–Trinajstić information content (AvgIpc) is 1.12. The summed E-state index contributed by atoms with van der Waals surface area (Å²) >= 11 is 0. The van der Waals surface area contributed by atoms with Gasteiger partial charge in [-0.3, -0.25) is 4.79 Å². The van der Waals surface area contributed by atoms with Crippen LogP contribution in [0.15, 0.2) is 158 Å². The summed E-state index contributed by atoms with van der Waals surface area (Å²) in [5.41, 5.74) is 3.54. The van der Waals surface area contributed by atoms with Crippen LogP contribution < -0.4 is 0 Å². The van der Waals surface area contributed by atoms with Crippen LogP contribution in [0.25, 0.3) is 27.6 Å². The van der Waals surface area contributed by atoms with Crippen molar-refractivity contribution in [3.63, 3.8) is 0 Å². The van der Waals surface area contributed by atoms with Crippen LogP contribution in [0.5, 0.6) is 5.75 Å². The van der Waals surface area contributed by atoms with Gasteiger partial charge in [0.25, 0.3) is 0 Å². The molecular formula is C80H98O17. The number of aliphatic hydroxyl groups is 1. The van der Waals surface area contributed by atoms with Gasteiger partial charge in [0.05, 0.1) is 25.2 Å². The minimum Gasteiger partial charge on any atom is -0.508 e. The Kier molecular flexibility index (Phi) is 24.4. The third kappa shape index (κ3) is 18.8. The summed E-state index contributed by atoms with van der Waals surface area (Å²) in [5, 5.41) is 23.9. The number of rotatable bonds is 14. The van der Waals surface area contributed by atoms with Crippen LogP contribution in [-0.2, 0) is 78.1 Å². The molecule has 8 atom stereocenters. The quantitative estimate of drug-likeness (QED) is 0.0392. The fraction of sp³-hybridized carbons (Fsp3) is 0.487. The Balaban J connectivity index is 0.000000148. The fourth-order valence-corrected chi connectivity index (χ4v) is 16.2. The van der Waals surface area contributed by atoms with Crippen molar-refractivity contribution in [1.82, 2.24) is 0 Å². The number of carbonyl (C=O) groups excluding carboxylic acids is 7. The summed E-state index contributed by atoms with van der Waals surface area (Å²) in [6.45, 7) is 38.3. The first-order valence-corrected chi connectivity index (χ1v) is 33.7. The van der Waals surface area contributed by atoms with Crippen LogP contribution in [0, 0.1) is 53.3 Å². The molecule has 0 amide bonds. The molecule has 520 valence electrons.